The van der Waals surface area contributed by atoms with Crippen molar-refractivity contribution in [2.45, 2.75) is 127 Å². The first-order chi connectivity index (χ1) is 20.6. The Kier molecular flexibility index (Phi) is 28.9. The molecule has 9 heteroatoms. The topological polar surface area (TPSA) is 85.4 Å². The molecular formula is C35H60F2N2O4S. The lowest BCUT2D eigenvalue weighted by Gasteiger charge is -2.32. The summed E-state index contributed by atoms with van der Waals surface area (Å²) in [6.07, 6.45) is 4.97. The van der Waals surface area contributed by atoms with E-state index in [2.05, 4.69) is 70.0 Å². The summed E-state index contributed by atoms with van der Waals surface area (Å²) >= 11 is 0. The summed E-state index contributed by atoms with van der Waals surface area (Å²) in [7, 11) is -0.646. The third kappa shape index (κ3) is 25.8. The molecule has 44 heavy (non-hydrogen) atoms. The first-order valence-electron chi connectivity index (χ1n) is 15.6. The maximum atomic E-state index is 13.1. The Balaban J connectivity index is -0.000000505. The fourth-order valence-corrected chi connectivity index (χ4v) is 4.79. The van der Waals surface area contributed by atoms with Gasteiger partial charge in [-0.3, -0.25) is 9.00 Å². The van der Waals surface area contributed by atoms with Gasteiger partial charge < -0.3 is 14.8 Å². The van der Waals surface area contributed by atoms with Crippen LogP contribution in [-0.2, 0) is 26.8 Å². The molecule has 0 aliphatic carbocycles. The molecule has 1 aromatic heterocycles. The minimum atomic E-state index is -1.43. The number of rotatable bonds is 7. The Hall–Kier alpha value is -2.68. The van der Waals surface area contributed by atoms with E-state index in [-0.39, 0.29) is 17.2 Å². The number of nitrogens with zero attached hydrogens (tertiary/aromatic N) is 1. The molecule has 1 fully saturated rings. The van der Waals surface area contributed by atoms with Crippen LogP contribution in [0.15, 0.2) is 30.5 Å². The lowest BCUT2D eigenvalue weighted by molar-refractivity contribution is -0.111. The predicted molar refractivity (Wildman–Crippen MR) is 183 cm³/mol. The largest absolute Gasteiger partial charge is 0.444 e. The van der Waals surface area contributed by atoms with Gasteiger partial charge in [-0.2, -0.15) is 0 Å². The van der Waals surface area contributed by atoms with Crippen molar-refractivity contribution >= 4 is 23.5 Å². The van der Waals surface area contributed by atoms with Crippen LogP contribution in [0.1, 0.15) is 110 Å². The van der Waals surface area contributed by atoms with Gasteiger partial charge in [-0.25, -0.2) is 13.8 Å². The number of ether oxygens (including phenoxy) is 1. The highest BCUT2D eigenvalue weighted by Gasteiger charge is 2.28. The van der Waals surface area contributed by atoms with Crippen molar-refractivity contribution in [3.8, 4) is 5.88 Å². The number of alkyl halides is 1. The van der Waals surface area contributed by atoms with Gasteiger partial charge in [0.25, 0.3) is 0 Å². The molecule has 254 valence electrons. The molecule has 2 aromatic rings. The molecule has 1 aromatic carbocycles. The third-order valence-corrected chi connectivity index (χ3v) is 7.03. The molecular weight excluding hydrogens is 582 g/mol. The molecule has 0 radical (unpaired) electrons. The standard InChI is InChI=1S/C10H13F2NO.C9H12.C7H13NO2S.C4H10.C3H6O.C2H6/c1-3-4-8-5-10(14-7(2)11)13-6-9(8)12;1-7-4-5-8(2)9(3)6-7;1-7(8-6-9)2-4-11(10)5-3-7;1-4(2)3;1-2-3-4;1-2/h5-7H,3-4H2,1-2H3;4-6H,1-3H3;6H,2-5H2,1H3,(H,8,9);4H,1-3H3;3H,2H2,1H3;1-2H3. The van der Waals surface area contributed by atoms with Crippen molar-refractivity contribution in [3.05, 3.63) is 58.5 Å². The Morgan fingerprint density at radius 1 is 1.02 bits per heavy atom. The molecule has 2 heterocycles. The van der Waals surface area contributed by atoms with Gasteiger partial charge in [0, 0.05) is 47.3 Å². The number of hydrogen-bond donors (Lipinski definition) is 1. The number of aromatic nitrogens is 1. The lowest BCUT2D eigenvalue weighted by atomic mass is 9.95. The molecule has 0 saturated carbocycles. The monoisotopic (exact) mass is 642 g/mol. The van der Waals surface area contributed by atoms with E-state index in [9.17, 15) is 22.6 Å². The number of pyridine rings is 1. The van der Waals surface area contributed by atoms with Crippen LogP contribution in [0.3, 0.4) is 0 Å². The van der Waals surface area contributed by atoms with E-state index < -0.39 is 17.2 Å². The highest BCUT2D eigenvalue weighted by atomic mass is 32.2. The SMILES string of the molecule is CC.CC(C)C.CC1(NC=O)CCS(=O)CC1.CCC=O.CCCc1cc(OC(C)F)ncc1F.Cc1ccc(C)c(C)c1. The number of carbonyl (C=O) groups excluding carboxylic acids is 2. The molecule has 1 amide bonds. The van der Waals surface area contributed by atoms with Crippen LogP contribution in [0, 0.1) is 32.5 Å². The fraction of sp³-hybridized carbons (Fsp3) is 0.629. The van der Waals surface area contributed by atoms with Crippen LogP contribution in [-0.4, -0.2) is 45.3 Å². The van der Waals surface area contributed by atoms with Gasteiger partial charge in [-0.15, -0.1) is 0 Å². The second-order valence-corrected chi connectivity index (χ2v) is 12.8. The average Bonchev–Trinajstić information content (AvgIpc) is 2.96. The van der Waals surface area contributed by atoms with Gasteiger partial charge in [-0.1, -0.05) is 78.6 Å². The summed E-state index contributed by atoms with van der Waals surface area (Å²) in [5.41, 5.74) is 4.52. The summed E-state index contributed by atoms with van der Waals surface area (Å²) in [6.45, 7) is 23.9. The zero-order valence-electron chi connectivity index (χ0n) is 29.4. The van der Waals surface area contributed by atoms with Crippen LogP contribution >= 0.6 is 0 Å². The smallest absolute Gasteiger partial charge is 0.237 e. The van der Waals surface area contributed by atoms with Crippen LogP contribution in [0.25, 0.3) is 0 Å². The van der Waals surface area contributed by atoms with E-state index in [1.54, 1.807) is 0 Å². The summed E-state index contributed by atoms with van der Waals surface area (Å²) in [6, 6.07) is 7.94. The molecule has 1 unspecified atom stereocenters. The van der Waals surface area contributed by atoms with Gasteiger partial charge in [-0.05, 0) is 69.6 Å². The predicted octanol–water partition coefficient (Wildman–Crippen LogP) is 8.80. The van der Waals surface area contributed by atoms with Gasteiger partial charge in [0.15, 0.2) is 0 Å². The van der Waals surface area contributed by atoms with E-state index in [4.69, 9.17) is 4.74 Å². The number of aldehydes is 1. The number of carbonyl (C=O) groups is 2. The minimum absolute atomic E-state index is 0.102. The van der Waals surface area contributed by atoms with Gasteiger partial charge in [0.05, 0.1) is 6.20 Å². The Bertz CT molecular complexity index is 1040. The van der Waals surface area contributed by atoms with Gasteiger partial charge in [0.1, 0.15) is 12.1 Å². The van der Waals surface area contributed by atoms with Crippen molar-refractivity contribution < 1.29 is 27.3 Å². The summed E-state index contributed by atoms with van der Waals surface area (Å²) < 4.78 is 41.2. The Morgan fingerprint density at radius 3 is 1.93 bits per heavy atom. The molecule has 1 atom stereocenters. The molecule has 0 spiro atoms. The third-order valence-electron chi connectivity index (χ3n) is 5.71. The Morgan fingerprint density at radius 2 is 1.55 bits per heavy atom. The highest BCUT2D eigenvalue weighted by molar-refractivity contribution is 7.85. The molecule has 3 rings (SSSR count). The summed E-state index contributed by atoms with van der Waals surface area (Å²) in [5, 5.41) is 2.77. The van der Waals surface area contributed by atoms with E-state index in [1.165, 1.54) is 29.7 Å². The van der Waals surface area contributed by atoms with Crippen molar-refractivity contribution in [1.29, 1.82) is 0 Å². The van der Waals surface area contributed by atoms with Crippen molar-refractivity contribution in [2.24, 2.45) is 5.92 Å². The van der Waals surface area contributed by atoms with Crippen molar-refractivity contribution in [2.75, 3.05) is 11.5 Å². The summed E-state index contributed by atoms with van der Waals surface area (Å²) in [4.78, 5) is 23.0. The van der Waals surface area contributed by atoms with Crippen molar-refractivity contribution in [1.82, 2.24) is 10.3 Å². The zero-order valence-corrected chi connectivity index (χ0v) is 30.2. The number of halogens is 2. The molecule has 1 N–H and O–H groups in total. The number of amides is 1. The lowest BCUT2D eigenvalue weighted by Crippen LogP contribution is -2.46. The second-order valence-electron chi connectivity index (χ2n) is 11.1. The zero-order chi connectivity index (χ0) is 34.7. The maximum Gasteiger partial charge on any atom is 0.237 e. The normalized spacial score (nSPS) is 17.0. The summed E-state index contributed by atoms with van der Waals surface area (Å²) in [5.74, 6) is 2.03. The van der Waals surface area contributed by atoms with E-state index >= 15 is 0 Å². The molecule has 0 bridgehead atoms. The number of benzene rings is 1. The van der Waals surface area contributed by atoms with Crippen LogP contribution in [0.4, 0.5) is 8.78 Å². The van der Waals surface area contributed by atoms with Crippen molar-refractivity contribution in [3.63, 3.8) is 0 Å². The Labute approximate surface area is 269 Å². The molecule has 1 aliphatic rings. The van der Waals surface area contributed by atoms with E-state index in [1.807, 2.05) is 34.6 Å². The van der Waals surface area contributed by atoms with E-state index in [0.29, 0.717) is 18.4 Å². The van der Waals surface area contributed by atoms with Crippen LogP contribution in [0.2, 0.25) is 0 Å². The van der Waals surface area contributed by atoms with Crippen LogP contribution in [0.5, 0.6) is 5.88 Å². The van der Waals surface area contributed by atoms with E-state index in [0.717, 1.165) is 55.6 Å². The molecule has 1 saturated heterocycles. The van der Waals surface area contributed by atoms with Gasteiger partial charge in [0.2, 0.25) is 18.6 Å². The number of hydrogen-bond acceptors (Lipinski definition) is 5. The number of nitrogens with one attached hydrogen (secondary N) is 1. The first kappa shape index (κ1) is 45.7. The highest BCUT2D eigenvalue weighted by Crippen LogP contribution is 2.20. The second kappa shape index (κ2) is 27.8. The fourth-order valence-electron chi connectivity index (χ4n) is 3.23. The van der Waals surface area contributed by atoms with Crippen LogP contribution < -0.4 is 10.1 Å². The maximum absolute atomic E-state index is 13.1. The quantitative estimate of drug-likeness (QED) is 0.305. The molecule has 6 nitrogen and oxygen atoms in total. The minimum Gasteiger partial charge on any atom is -0.444 e. The number of aryl methyl sites for hydroxylation is 4. The first-order valence-corrected chi connectivity index (χ1v) is 17.1. The molecule has 1 aliphatic heterocycles. The van der Waals surface area contributed by atoms with Gasteiger partial charge >= 0.3 is 0 Å². The average molecular weight is 643 g/mol.